The lowest BCUT2D eigenvalue weighted by atomic mass is 9.98. The van der Waals surface area contributed by atoms with Crippen LogP contribution < -0.4 is 43.8 Å². The number of rotatable bonds is 22. The highest BCUT2D eigenvalue weighted by Crippen LogP contribution is 2.13. The second-order valence-electron chi connectivity index (χ2n) is 13.0. The minimum absolute atomic E-state index is 0.0259. The molecular formula is C34H54F3N9O9S. The Hall–Kier alpha value is -5.12. The quantitative estimate of drug-likeness (QED) is 0.0303. The van der Waals surface area contributed by atoms with Crippen LogP contribution in [0.1, 0.15) is 58.9 Å². The predicted molar refractivity (Wildman–Crippen MR) is 203 cm³/mol. The van der Waals surface area contributed by atoms with Gasteiger partial charge in [0.2, 0.25) is 29.5 Å². The first-order valence-corrected chi connectivity index (χ1v) is 18.1. The van der Waals surface area contributed by atoms with Gasteiger partial charge in [-0.05, 0) is 43.1 Å². The molecule has 0 aliphatic carbocycles. The summed E-state index contributed by atoms with van der Waals surface area (Å²) in [7, 11) is 0. The minimum atomic E-state index is -5.08. The van der Waals surface area contributed by atoms with E-state index in [-0.39, 0.29) is 55.8 Å². The van der Waals surface area contributed by atoms with Crippen molar-refractivity contribution in [1.29, 1.82) is 0 Å². The standard InChI is InChI=1S/C32H53N9O7S.C2HF3O2/c1-5-19(4)26(41-29(45)24(17-49)40-27(43)21(33)15-20-10-7-6-8-11-20)30(46)37-16-25(42)38-22(12-9-13-36-32(34)35)28(44)39-23(31(47)48)14-18(2)3;3-2(4,5)1(6)7/h6-8,10-11,18-19,21-24,26,49H,5,9,12-17,33H2,1-4H3,(H,37,46)(H,38,42)(H,39,44)(H,40,43)(H,41,45)(H,47,48)(H4,34,35,36);(H,6,7)/t19-,21-,22-,23-,24-,26-;/m0./s1. The Morgan fingerprint density at radius 2 is 1.39 bits per heavy atom. The minimum Gasteiger partial charge on any atom is -0.480 e. The number of nitrogens with zero attached hydrogens (tertiary/aromatic N) is 1. The summed E-state index contributed by atoms with van der Waals surface area (Å²) in [5.41, 5.74) is 17.6. The van der Waals surface area contributed by atoms with E-state index in [2.05, 4.69) is 44.2 Å². The molecule has 0 aliphatic rings. The lowest BCUT2D eigenvalue weighted by molar-refractivity contribution is -0.192. The van der Waals surface area contributed by atoms with E-state index in [4.69, 9.17) is 27.1 Å². The molecule has 0 saturated heterocycles. The molecule has 1 aromatic rings. The topological polar surface area (TPSA) is 311 Å². The van der Waals surface area contributed by atoms with Crippen LogP contribution in [0, 0.1) is 11.8 Å². The summed E-state index contributed by atoms with van der Waals surface area (Å²) in [5, 5.41) is 29.4. The molecule has 0 heterocycles. The van der Waals surface area contributed by atoms with Gasteiger partial charge in [-0.15, -0.1) is 0 Å². The number of aliphatic imine (C=N–C) groups is 1. The summed E-state index contributed by atoms with van der Waals surface area (Å²) < 4.78 is 31.7. The third-order valence-corrected chi connectivity index (χ3v) is 8.19. The van der Waals surface area contributed by atoms with Gasteiger partial charge in [0.05, 0.1) is 12.6 Å². The highest BCUT2D eigenvalue weighted by atomic mass is 32.1. The number of guanidine groups is 1. The van der Waals surface area contributed by atoms with E-state index in [0.717, 1.165) is 5.56 Å². The number of nitrogens with two attached hydrogens (primary N) is 3. The maximum atomic E-state index is 13.2. The maximum absolute atomic E-state index is 13.2. The fourth-order valence-electron chi connectivity index (χ4n) is 4.65. The Morgan fingerprint density at radius 1 is 0.839 bits per heavy atom. The number of carboxylic acids is 2. The van der Waals surface area contributed by atoms with Gasteiger partial charge in [0.25, 0.3) is 0 Å². The number of hydrogen-bond acceptors (Lipinski definition) is 10. The number of carbonyl (C=O) groups is 7. The fourth-order valence-corrected chi connectivity index (χ4v) is 4.91. The first-order valence-electron chi connectivity index (χ1n) is 17.5. The molecule has 0 radical (unpaired) electrons. The van der Waals surface area contributed by atoms with Crippen LogP contribution in [0.4, 0.5) is 13.2 Å². The van der Waals surface area contributed by atoms with Crippen molar-refractivity contribution in [3.63, 3.8) is 0 Å². The number of halogens is 3. The van der Waals surface area contributed by atoms with Crippen molar-refractivity contribution < 1.29 is 56.9 Å². The van der Waals surface area contributed by atoms with E-state index >= 15 is 0 Å². The fraction of sp³-hybridized carbons (Fsp3) is 0.588. The molecule has 0 fully saturated rings. The smallest absolute Gasteiger partial charge is 0.480 e. The third-order valence-electron chi connectivity index (χ3n) is 7.83. The van der Waals surface area contributed by atoms with Crippen molar-refractivity contribution in [3.05, 3.63) is 35.9 Å². The van der Waals surface area contributed by atoms with E-state index in [1.165, 1.54) is 0 Å². The van der Waals surface area contributed by atoms with Gasteiger partial charge >= 0.3 is 18.1 Å². The van der Waals surface area contributed by atoms with E-state index in [9.17, 15) is 47.0 Å². The summed E-state index contributed by atoms with van der Waals surface area (Å²) in [6, 6.07) is 3.74. The molecule has 1 aromatic carbocycles. The van der Waals surface area contributed by atoms with E-state index in [1.807, 2.05) is 51.1 Å². The number of nitrogens with one attached hydrogen (secondary N) is 5. The Kier molecular flexibility index (Phi) is 23.5. The molecule has 6 atom stereocenters. The van der Waals surface area contributed by atoms with Gasteiger partial charge in [0, 0.05) is 12.3 Å². The number of benzene rings is 1. The molecule has 22 heteroatoms. The van der Waals surface area contributed by atoms with Gasteiger partial charge in [0.15, 0.2) is 5.96 Å². The van der Waals surface area contributed by atoms with Crippen molar-refractivity contribution >= 4 is 60.1 Å². The first-order chi connectivity index (χ1) is 26.0. The summed E-state index contributed by atoms with van der Waals surface area (Å²) in [6.07, 6.45) is -3.80. The van der Waals surface area contributed by atoms with Crippen molar-refractivity contribution in [2.75, 3.05) is 18.8 Å². The molecule has 0 spiro atoms. The second kappa shape index (κ2) is 25.9. The lowest BCUT2D eigenvalue weighted by Gasteiger charge is -2.26. The van der Waals surface area contributed by atoms with Gasteiger partial charge in [-0.1, -0.05) is 64.4 Å². The molecule has 0 unspecified atom stereocenters. The van der Waals surface area contributed by atoms with Crippen LogP contribution in [0.15, 0.2) is 35.3 Å². The number of carboxylic acid groups (broad SMARTS) is 2. The second-order valence-corrected chi connectivity index (χ2v) is 13.4. The molecular weight excluding hydrogens is 767 g/mol. The Labute approximate surface area is 328 Å². The molecule has 0 saturated carbocycles. The van der Waals surface area contributed by atoms with Crippen molar-refractivity contribution in [3.8, 4) is 0 Å². The average Bonchev–Trinajstić information content (AvgIpc) is 3.11. The Bertz CT molecular complexity index is 1480. The van der Waals surface area contributed by atoms with Crippen LogP contribution in [-0.4, -0.2) is 113 Å². The zero-order valence-electron chi connectivity index (χ0n) is 31.6. The number of amides is 5. The SMILES string of the molecule is CC[C@H](C)[C@H](NC(=O)[C@H](CS)NC(=O)[C@@H](N)Cc1ccccc1)C(=O)NCC(=O)N[C@@H](CCCN=C(N)N)C(=O)N[C@@H](CC(C)C)C(=O)O.O=C(O)C(F)(F)F. The summed E-state index contributed by atoms with van der Waals surface area (Å²) in [4.78, 5) is 89.6. The normalized spacial score (nSPS) is 14.2. The predicted octanol–water partition coefficient (Wildman–Crippen LogP) is -0.595. The largest absolute Gasteiger partial charge is 0.490 e. The van der Waals surface area contributed by atoms with Crippen LogP contribution in [0.3, 0.4) is 0 Å². The maximum Gasteiger partial charge on any atom is 0.490 e. The monoisotopic (exact) mass is 821 g/mol. The number of hydrogen-bond donors (Lipinski definition) is 11. The zero-order valence-corrected chi connectivity index (χ0v) is 32.5. The average molecular weight is 822 g/mol. The van der Waals surface area contributed by atoms with E-state index in [1.54, 1.807) is 6.92 Å². The Morgan fingerprint density at radius 3 is 1.88 bits per heavy atom. The van der Waals surface area contributed by atoms with Gasteiger partial charge in [-0.3, -0.25) is 29.0 Å². The molecule has 13 N–H and O–H groups in total. The zero-order chi connectivity index (χ0) is 43.2. The van der Waals surface area contributed by atoms with Crippen molar-refractivity contribution in [2.24, 2.45) is 34.0 Å². The molecule has 0 aromatic heterocycles. The van der Waals surface area contributed by atoms with Gasteiger partial charge in [-0.25, -0.2) is 9.59 Å². The first kappa shape index (κ1) is 50.9. The molecule has 1 rings (SSSR count). The number of carbonyl (C=O) groups excluding carboxylic acids is 5. The van der Waals surface area contributed by atoms with E-state index < -0.39 is 84.4 Å². The molecule has 316 valence electrons. The Balaban J connectivity index is 0.00000392. The number of alkyl halides is 3. The lowest BCUT2D eigenvalue weighted by Crippen LogP contribution is -2.58. The van der Waals surface area contributed by atoms with Gasteiger partial charge in [-0.2, -0.15) is 25.8 Å². The summed E-state index contributed by atoms with van der Waals surface area (Å²) >= 11 is 4.20. The summed E-state index contributed by atoms with van der Waals surface area (Å²) in [6.45, 7) is 6.79. The third kappa shape index (κ3) is 21.1. The highest BCUT2D eigenvalue weighted by molar-refractivity contribution is 7.80. The molecule has 0 aliphatic heterocycles. The summed E-state index contributed by atoms with van der Waals surface area (Å²) in [5.74, 6) is -7.91. The van der Waals surface area contributed by atoms with Crippen LogP contribution in [0.5, 0.6) is 0 Å². The molecule has 56 heavy (non-hydrogen) atoms. The molecule has 18 nitrogen and oxygen atoms in total. The number of aliphatic carboxylic acids is 2. The number of thiol groups is 1. The van der Waals surface area contributed by atoms with Crippen molar-refractivity contribution in [1.82, 2.24) is 26.6 Å². The van der Waals surface area contributed by atoms with Crippen LogP contribution in [0.2, 0.25) is 0 Å². The van der Waals surface area contributed by atoms with E-state index in [0.29, 0.717) is 6.42 Å². The molecule has 0 bridgehead atoms. The van der Waals surface area contributed by atoms with Gasteiger partial charge in [0.1, 0.15) is 24.2 Å². The van der Waals surface area contributed by atoms with Crippen molar-refractivity contribution in [2.45, 2.75) is 96.2 Å². The van der Waals surface area contributed by atoms with Crippen LogP contribution in [-0.2, 0) is 40.0 Å². The van der Waals surface area contributed by atoms with Gasteiger partial charge < -0.3 is 54.0 Å². The highest BCUT2D eigenvalue weighted by Gasteiger charge is 2.38. The van der Waals surface area contributed by atoms with Crippen LogP contribution in [0.25, 0.3) is 0 Å². The van der Waals surface area contributed by atoms with Crippen LogP contribution >= 0.6 is 12.6 Å². The molecule has 5 amide bonds.